The second-order valence-corrected chi connectivity index (χ2v) is 6.07. The normalized spacial score (nSPS) is 10.3. The van der Waals surface area contributed by atoms with Gasteiger partial charge in [-0.25, -0.2) is 0 Å². The van der Waals surface area contributed by atoms with Crippen molar-refractivity contribution in [1.29, 1.82) is 0 Å². The number of carbonyl (C=O) groups excluding carboxylic acids is 1. The van der Waals surface area contributed by atoms with E-state index in [2.05, 4.69) is 11.9 Å². The van der Waals surface area contributed by atoms with Crippen LogP contribution in [0.15, 0.2) is 71.7 Å². The minimum Gasteiger partial charge on any atom is -0.506 e. The number of ether oxygens (including phenoxy) is 1. The van der Waals surface area contributed by atoms with Gasteiger partial charge in [0.05, 0.1) is 16.7 Å². The number of phenols is 1. The molecule has 0 aliphatic heterocycles. The molecule has 0 unspecified atom stereocenters. The first-order valence-corrected chi connectivity index (χ1v) is 8.67. The number of phenolic OH excluding ortho intramolecular Hbond substituents is 1. The number of hydrogen-bond donors (Lipinski definition) is 2. The average Bonchev–Trinajstić information content (AvgIpc) is 3.18. The number of carbonyl (C=O) groups is 1. The molecule has 0 spiro atoms. The number of para-hydroxylation sites is 1. The van der Waals surface area contributed by atoms with Gasteiger partial charge >= 0.3 is 0 Å². The van der Waals surface area contributed by atoms with Gasteiger partial charge in [-0.1, -0.05) is 24.3 Å². The van der Waals surface area contributed by atoms with Crippen molar-refractivity contribution in [2.45, 2.75) is 13.0 Å². The van der Waals surface area contributed by atoms with E-state index in [1.807, 2.05) is 24.3 Å². The van der Waals surface area contributed by atoms with E-state index >= 15 is 0 Å². The molecule has 0 atom stereocenters. The number of hydrogen-bond acceptors (Lipinski definition) is 6. The Kier molecular flexibility index (Phi) is 5.94. The van der Waals surface area contributed by atoms with Crippen LogP contribution in [-0.4, -0.2) is 15.9 Å². The largest absolute Gasteiger partial charge is 0.506 e. The van der Waals surface area contributed by atoms with Crippen molar-refractivity contribution >= 4 is 17.3 Å². The molecule has 0 saturated carbocycles. The van der Waals surface area contributed by atoms with Crippen molar-refractivity contribution in [1.82, 2.24) is 0 Å². The van der Waals surface area contributed by atoms with E-state index in [-0.39, 0.29) is 23.7 Å². The lowest BCUT2D eigenvalue weighted by molar-refractivity contribution is -0.384. The monoisotopic (exact) mass is 394 g/mol. The molecule has 0 aliphatic carbocycles. The number of amides is 1. The Morgan fingerprint density at radius 2 is 2.03 bits per heavy atom. The number of nitrogens with zero attached hydrogens (tertiary/aromatic N) is 1. The molecule has 0 bridgehead atoms. The van der Waals surface area contributed by atoms with Gasteiger partial charge in [0.1, 0.15) is 23.9 Å². The number of nitrogens with one attached hydrogen (secondary N) is 1. The molecule has 0 aliphatic rings. The molecular formula is C21H18N2O6. The van der Waals surface area contributed by atoms with E-state index in [1.54, 1.807) is 12.1 Å². The van der Waals surface area contributed by atoms with Crippen LogP contribution in [0.25, 0.3) is 0 Å². The number of nitro benzene ring substituents is 1. The van der Waals surface area contributed by atoms with Crippen LogP contribution >= 0.6 is 0 Å². The maximum atomic E-state index is 12.3. The molecule has 0 radical (unpaired) electrons. The molecule has 3 aromatic rings. The van der Waals surface area contributed by atoms with Crippen LogP contribution in [-0.2, 0) is 13.0 Å². The minimum atomic E-state index is -0.642. The highest BCUT2D eigenvalue weighted by Crippen LogP contribution is 2.28. The second-order valence-electron chi connectivity index (χ2n) is 6.07. The second kappa shape index (κ2) is 8.75. The summed E-state index contributed by atoms with van der Waals surface area (Å²) in [5.74, 6) is 0.136. The SMILES string of the molecule is C=CCc1ccccc1OCc1ccc(C(=O)Nc2ccc([N+](=O)[O-])cc2O)o1. The first kappa shape index (κ1) is 19.7. The number of allylic oxidation sites excluding steroid dienone is 1. The third kappa shape index (κ3) is 4.81. The van der Waals surface area contributed by atoms with E-state index in [0.29, 0.717) is 17.9 Å². The average molecular weight is 394 g/mol. The Labute approximate surface area is 166 Å². The van der Waals surface area contributed by atoms with Crippen LogP contribution in [0.2, 0.25) is 0 Å². The van der Waals surface area contributed by atoms with Crippen molar-refractivity contribution in [3.8, 4) is 11.5 Å². The summed E-state index contributed by atoms with van der Waals surface area (Å²) in [5, 5.41) is 23.0. The van der Waals surface area contributed by atoms with E-state index in [1.165, 1.54) is 18.2 Å². The fourth-order valence-corrected chi connectivity index (χ4v) is 2.62. The van der Waals surface area contributed by atoms with Gasteiger partial charge in [-0.05, 0) is 36.2 Å². The Bertz CT molecular complexity index is 1060. The molecule has 0 fully saturated rings. The van der Waals surface area contributed by atoms with Crippen LogP contribution in [0.4, 0.5) is 11.4 Å². The summed E-state index contributed by atoms with van der Waals surface area (Å²) in [4.78, 5) is 22.4. The van der Waals surface area contributed by atoms with Crippen LogP contribution < -0.4 is 10.1 Å². The summed E-state index contributed by atoms with van der Waals surface area (Å²) in [6.07, 6.45) is 2.45. The lowest BCUT2D eigenvalue weighted by atomic mass is 10.1. The summed E-state index contributed by atoms with van der Waals surface area (Å²) in [7, 11) is 0. The van der Waals surface area contributed by atoms with Crippen molar-refractivity contribution < 1.29 is 24.0 Å². The van der Waals surface area contributed by atoms with Crippen LogP contribution in [0.1, 0.15) is 21.9 Å². The van der Waals surface area contributed by atoms with Gasteiger partial charge in [-0.3, -0.25) is 14.9 Å². The topological polar surface area (TPSA) is 115 Å². The Morgan fingerprint density at radius 1 is 1.24 bits per heavy atom. The van der Waals surface area contributed by atoms with E-state index in [0.717, 1.165) is 11.6 Å². The smallest absolute Gasteiger partial charge is 0.291 e. The number of furan rings is 1. The predicted molar refractivity (Wildman–Crippen MR) is 106 cm³/mol. The van der Waals surface area contributed by atoms with Crippen molar-refractivity contribution in [2.75, 3.05) is 5.32 Å². The molecule has 1 heterocycles. The third-order valence-corrected chi connectivity index (χ3v) is 4.03. The predicted octanol–water partition coefficient (Wildman–Crippen LogP) is 4.45. The molecule has 0 saturated heterocycles. The minimum absolute atomic E-state index is 0.0146. The number of non-ortho nitro benzene ring substituents is 1. The first-order chi connectivity index (χ1) is 14.0. The number of anilines is 1. The number of aromatic hydroxyl groups is 1. The standard InChI is InChI=1S/C21H18N2O6/c1-2-5-14-6-3-4-7-19(14)28-13-16-9-11-20(29-16)21(25)22-17-10-8-15(23(26)27)12-18(17)24/h2-4,6-12,24H,1,5,13H2,(H,22,25). The molecule has 2 N–H and O–H groups in total. The lowest BCUT2D eigenvalue weighted by Gasteiger charge is -2.09. The van der Waals surface area contributed by atoms with Crippen LogP contribution in [0.3, 0.4) is 0 Å². The quantitative estimate of drug-likeness (QED) is 0.252. The number of nitro groups is 1. The van der Waals surface area contributed by atoms with Crippen LogP contribution in [0.5, 0.6) is 11.5 Å². The molecule has 3 rings (SSSR count). The molecule has 1 amide bonds. The summed E-state index contributed by atoms with van der Waals surface area (Å²) in [6, 6.07) is 14.0. The Hall–Kier alpha value is -4.07. The highest BCUT2D eigenvalue weighted by molar-refractivity contribution is 6.03. The summed E-state index contributed by atoms with van der Waals surface area (Å²) in [5.41, 5.74) is 0.739. The highest BCUT2D eigenvalue weighted by Gasteiger charge is 2.16. The van der Waals surface area contributed by atoms with Gasteiger partial charge in [0, 0.05) is 6.07 Å². The first-order valence-electron chi connectivity index (χ1n) is 8.67. The zero-order valence-electron chi connectivity index (χ0n) is 15.3. The van der Waals surface area contributed by atoms with Crippen molar-refractivity contribution in [2.24, 2.45) is 0 Å². The van der Waals surface area contributed by atoms with Gasteiger partial charge in [-0.2, -0.15) is 0 Å². The van der Waals surface area contributed by atoms with Gasteiger partial charge in [0.15, 0.2) is 5.76 Å². The van der Waals surface area contributed by atoms with Crippen LogP contribution in [0, 0.1) is 10.1 Å². The molecular weight excluding hydrogens is 376 g/mol. The molecule has 2 aromatic carbocycles. The van der Waals surface area contributed by atoms with Crippen molar-refractivity contribution in [3.05, 3.63) is 94.5 Å². The Morgan fingerprint density at radius 3 is 2.76 bits per heavy atom. The van der Waals surface area contributed by atoms with E-state index in [4.69, 9.17) is 9.15 Å². The van der Waals surface area contributed by atoms with Gasteiger partial charge in [-0.15, -0.1) is 6.58 Å². The molecule has 1 aromatic heterocycles. The maximum Gasteiger partial charge on any atom is 0.291 e. The molecule has 148 valence electrons. The Balaban J connectivity index is 1.65. The fraction of sp³-hybridized carbons (Fsp3) is 0.0952. The fourth-order valence-electron chi connectivity index (χ4n) is 2.62. The highest BCUT2D eigenvalue weighted by atomic mass is 16.6. The number of rotatable bonds is 8. The molecule has 8 nitrogen and oxygen atoms in total. The molecule has 8 heteroatoms. The zero-order valence-corrected chi connectivity index (χ0v) is 15.3. The third-order valence-electron chi connectivity index (χ3n) is 4.03. The maximum absolute atomic E-state index is 12.3. The summed E-state index contributed by atoms with van der Waals surface area (Å²) >= 11 is 0. The van der Waals surface area contributed by atoms with Gasteiger partial charge in [0.25, 0.3) is 11.6 Å². The zero-order chi connectivity index (χ0) is 20.8. The van der Waals surface area contributed by atoms with Crippen molar-refractivity contribution in [3.63, 3.8) is 0 Å². The van der Waals surface area contributed by atoms with Gasteiger partial charge in [0.2, 0.25) is 0 Å². The van der Waals surface area contributed by atoms with Gasteiger partial charge < -0.3 is 19.6 Å². The number of benzene rings is 2. The summed E-state index contributed by atoms with van der Waals surface area (Å²) < 4.78 is 11.3. The van der Waals surface area contributed by atoms with E-state index in [9.17, 15) is 20.0 Å². The van der Waals surface area contributed by atoms with E-state index < -0.39 is 16.6 Å². The molecule has 29 heavy (non-hydrogen) atoms. The lowest BCUT2D eigenvalue weighted by Crippen LogP contribution is -2.11. The summed E-state index contributed by atoms with van der Waals surface area (Å²) in [6.45, 7) is 3.85.